The summed E-state index contributed by atoms with van der Waals surface area (Å²) in [4.78, 5) is 5.74. The van der Waals surface area contributed by atoms with Crippen LogP contribution in [0.5, 0.6) is 0 Å². The zero-order valence-electron chi connectivity index (χ0n) is 24.2. The molecule has 0 atom stereocenters. The summed E-state index contributed by atoms with van der Waals surface area (Å²) < 4.78 is 13.9. The zero-order valence-corrected chi connectivity index (χ0v) is 27.5. The van der Waals surface area contributed by atoms with Gasteiger partial charge in [0.2, 0.25) is 0 Å². The molecule has 0 aliphatic rings. The van der Waals surface area contributed by atoms with Gasteiger partial charge in [-0.15, -0.1) is 32.9 Å². The van der Waals surface area contributed by atoms with Crippen LogP contribution in [0.25, 0.3) is 86.3 Å². The van der Waals surface area contributed by atoms with Crippen molar-refractivity contribution in [2.75, 3.05) is 0 Å². The van der Waals surface area contributed by atoms with Crippen LogP contribution in [0.1, 0.15) is 0 Å². The van der Waals surface area contributed by atoms with Crippen molar-refractivity contribution in [3.8, 4) is 44.1 Å². The molecule has 6 aromatic heterocycles. The standard InChI is InChI=1S/C36H20N6OS4/c1-2-8-20-19(6-1)7-3-12-27(20)47-36-32(21-9-4-10-24-35(21)40-41-38-24)34-26(43-36)16-22(23-11-5-14-37-23)31(33(34)25-18-45-42-39-25)30-17-29-28(46-30)13-15-44-29/h1-18,37H,(H,38,40,41). The molecule has 0 unspecified atom stereocenters. The maximum atomic E-state index is 7.00. The molecule has 11 heteroatoms. The quantitative estimate of drug-likeness (QED) is 0.181. The predicted octanol–water partition coefficient (Wildman–Crippen LogP) is 11.1. The van der Waals surface area contributed by atoms with E-state index in [4.69, 9.17) is 9.52 Å². The lowest BCUT2D eigenvalue weighted by Crippen LogP contribution is -1.93. The van der Waals surface area contributed by atoms with Gasteiger partial charge >= 0.3 is 0 Å². The average molecular weight is 681 g/mol. The molecule has 0 aliphatic heterocycles. The number of benzene rings is 4. The van der Waals surface area contributed by atoms with Crippen molar-refractivity contribution >= 4 is 88.1 Å². The maximum Gasteiger partial charge on any atom is 0.174 e. The van der Waals surface area contributed by atoms with Gasteiger partial charge in [-0.1, -0.05) is 70.0 Å². The number of furan rings is 1. The monoisotopic (exact) mass is 680 g/mol. The summed E-state index contributed by atoms with van der Waals surface area (Å²) in [6.45, 7) is 0. The number of thiophene rings is 2. The van der Waals surface area contributed by atoms with E-state index in [0.717, 1.165) is 76.1 Å². The highest BCUT2D eigenvalue weighted by molar-refractivity contribution is 7.99. The van der Waals surface area contributed by atoms with Gasteiger partial charge in [-0.3, -0.25) is 5.10 Å². The number of aromatic nitrogens is 6. The number of hydrogen-bond donors (Lipinski definition) is 2. The molecule has 0 amide bonds. The summed E-state index contributed by atoms with van der Waals surface area (Å²) in [5.41, 5.74) is 9.22. The van der Waals surface area contributed by atoms with Gasteiger partial charge in [0.25, 0.3) is 0 Å². The molecule has 10 aromatic rings. The third kappa shape index (κ3) is 4.31. The molecule has 0 aliphatic carbocycles. The molecule has 10 rings (SSSR count). The number of aromatic amines is 2. The first-order chi connectivity index (χ1) is 23.3. The van der Waals surface area contributed by atoms with Gasteiger partial charge in [0.05, 0.1) is 5.52 Å². The first-order valence-corrected chi connectivity index (χ1v) is 18.1. The molecule has 6 heterocycles. The van der Waals surface area contributed by atoms with Gasteiger partial charge in [0.15, 0.2) is 5.09 Å². The van der Waals surface area contributed by atoms with Gasteiger partial charge in [-0.25, -0.2) is 0 Å². The van der Waals surface area contributed by atoms with Crippen LogP contribution in [0.15, 0.2) is 122 Å². The van der Waals surface area contributed by atoms with Crippen molar-refractivity contribution < 1.29 is 4.42 Å². The molecule has 0 bridgehead atoms. The van der Waals surface area contributed by atoms with Crippen LogP contribution < -0.4 is 0 Å². The van der Waals surface area contributed by atoms with E-state index in [9.17, 15) is 0 Å². The van der Waals surface area contributed by atoms with E-state index in [1.54, 1.807) is 34.4 Å². The van der Waals surface area contributed by atoms with Gasteiger partial charge in [0, 0.05) is 69.6 Å². The van der Waals surface area contributed by atoms with Crippen LogP contribution in [0.3, 0.4) is 0 Å². The first kappa shape index (κ1) is 27.1. The number of hydrogen-bond acceptors (Lipinski definition) is 9. The Bertz CT molecular complexity index is 2700. The molecule has 0 fully saturated rings. The molecular weight excluding hydrogens is 661 g/mol. The molecule has 0 spiro atoms. The van der Waals surface area contributed by atoms with E-state index in [1.807, 2.05) is 29.8 Å². The second-order valence-corrected chi connectivity index (χ2v) is 14.7. The highest BCUT2D eigenvalue weighted by Gasteiger charge is 2.29. The Hall–Kier alpha value is -5.07. The highest BCUT2D eigenvalue weighted by atomic mass is 32.2. The largest absolute Gasteiger partial charge is 0.449 e. The fourth-order valence-corrected chi connectivity index (χ4v) is 10.1. The number of fused-ring (bicyclic) bond motifs is 4. The average Bonchev–Trinajstić information content (AvgIpc) is 3.94. The van der Waals surface area contributed by atoms with Crippen molar-refractivity contribution in [1.29, 1.82) is 0 Å². The first-order valence-electron chi connectivity index (χ1n) is 14.8. The minimum atomic E-state index is 0.762. The number of H-pyrrole nitrogens is 2. The van der Waals surface area contributed by atoms with Crippen molar-refractivity contribution in [2.45, 2.75) is 9.99 Å². The van der Waals surface area contributed by atoms with Crippen molar-refractivity contribution in [1.82, 2.24) is 30.0 Å². The number of nitrogens with zero attached hydrogens (tertiary/aromatic N) is 4. The molecule has 4 aromatic carbocycles. The Balaban J connectivity index is 1.37. The highest BCUT2D eigenvalue weighted by Crippen LogP contribution is 2.54. The SMILES string of the molecule is c1c[nH]c(-c2cc3oc(Sc4cccc5ccccc45)c(-c4cccc5[nH]nnc45)c3c(-c3csnn3)c2-c2cc3sccc3s2)c1. The summed E-state index contributed by atoms with van der Waals surface area (Å²) in [6, 6.07) is 31.8. The lowest BCUT2D eigenvalue weighted by molar-refractivity contribution is 0.517. The number of rotatable bonds is 6. The smallest absolute Gasteiger partial charge is 0.174 e. The Morgan fingerprint density at radius 2 is 1.72 bits per heavy atom. The lowest BCUT2D eigenvalue weighted by Gasteiger charge is -2.15. The van der Waals surface area contributed by atoms with E-state index in [-0.39, 0.29) is 0 Å². The molecule has 0 saturated heterocycles. The Morgan fingerprint density at radius 3 is 2.62 bits per heavy atom. The van der Waals surface area contributed by atoms with Crippen molar-refractivity contribution in [2.24, 2.45) is 0 Å². The van der Waals surface area contributed by atoms with Gasteiger partial charge in [-0.05, 0) is 70.1 Å². The van der Waals surface area contributed by atoms with Crippen LogP contribution >= 0.6 is 46.0 Å². The molecule has 7 nitrogen and oxygen atoms in total. The summed E-state index contributed by atoms with van der Waals surface area (Å²) >= 11 is 6.53. The van der Waals surface area contributed by atoms with Gasteiger partial charge < -0.3 is 9.40 Å². The van der Waals surface area contributed by atoms with Crippen molar-refractivity contribution in [3.63, 3.8) is 0 Å². The van der Waals surface area contributed by atoms with E-state index in [1.165, 1.54) is 31.7 Å². The zero-order chi connectivity index (χ0) is 30.9. The van der Waals surface area contributed by atoms with E-state index in [2.05, 4.69) is 103 Å². The Labute approximate surface area is 283 Å². The molecule has 47 heavy (non-hydrogen) atoms. The second kappa shape index (κ2) is 10.7. The third-order valence-corrected chi connectivity index (χ3v) is 12.1. The van der Waals surface area contributed by atoms with Crippen LogP contribution in [0, 0.1) is 0 Å². The normalized spacial score (nSPS) is 11.9. The summed E-state index contributed by atoms with van der Waals surface area (Å²) in [6.07, 6.45) is 1.96. The predicted molar refractivity (Wildman–Crippen MR) is 195 cm³/mol. The Morgan fingerprint density at radius 1 is 0.787 bits per heavy atom. The molecular formula is C36H20N6OS4. The fraction of sp³-hybridized carbons (Fsp3) is 0. The van der Waals surface area contributed by atoms with Crippen LogP contribution in [0.4, 0.5) is 0 Å². The van der Waals surface area contributed by atoms with E-state index < -0.39 is 0 Å². The van der Waals surface area contributed by atoms with Gasteiger partial charge in [0.1, 0.15) is 16.8 Å². The maximum absolute atomic E-state index is 7.00. The molecule has 224 valence electrons. The summed E-state index contributed by atoms with van der Waals surface area (Å²) in [5, 5.41) is 24.7. The topological polar surface area (TPSA) is 96.3 Å². The Kier molecular flexibility index (Phi) is 6.19. The van der Waals surface area contributed by atoms with E-state index in [0.29, 0.717) is 0 Å². The fourth-order valence-electron chi connectivity index (χ4n) is 6.40. The third-order valence-electron chi connectivity index (χ3n) is 8.42. The number of nitrogens with one attached hydrogen (secondary N) is 2. The van der Waals surface area contributed by atoms with Crippen LogP contribution in [-0.4, -0.2) is 30.0 Å². The van der Waals surface area contributed by atoms with Crippen LogP contribution in [0.2, 0.25) is 0 Å². The molecule has 2 N–H and O–H groups in total. The minimum absolute atomic E-state index is 0.762. The minimum Gasteiger partial charge on any atom is -0.449 e. The van der Waals surface area contributed by atoms with E-state index >= 15 is 0 Å². The lowest BCUT2D eigenvalue weighted by atomic mass is 9.89. The van der Waals surface area contributed by atoms with Gasteiger partial charge in [-0.2, -0.15) is 0 Å². The summed E-state index contributed by atoms with van der Waals surface area (Å²) in [7, 11) is 0. The molecule has 0 saturated carbocycles. The molecule has 0 radical (unpaired) electrons. The van der Waals surface area contributed by atoms with Crippen LogP contribution in [-0.2, 0) is 0 Å². The second-order valence-electron chi connectivity index (χ2n) is 11.0. The summed E-state index contributed by atoms with van der Waals surface area (Å²) in [5.74, 6) is 0. The van der Waals surface area contributed by atoms with Crippen molar-refractivity contribution in [3.05, 3.63) is 108 Å².